The van der Waals surface area contributed by atoms with Crippen molar-refractivity contribution in [3.05, 3.63) is 12.2 Å². The van der Waals surface area contributed by atoms with Crippen LogP contribution in [0.15, 0.2) is 12.2 Å². The summed E-state index contributed by atoms with van der Waals surface area (Å²) < 4.78 is 0.636. The average molecular weight is 527 g/mol. The molecule has 0 rings (SSSR count). The molecule has 0 aromatic carbocycles. The molecule has 0 atom stereocenters. The second kappa shape index (κ2) is 24.4. The number of carboxylic acids is 3. The molecule has 0 radical (unpaired) electrons. The summed E-state index contributed by atoms with van der Waals surface area (Å²) in [4.78, 5) is 33.1. The van der Waals surface area contributed by atoms with E-state index in [1.807, 2.05) is 0 Å². The van der Waals surface area contributed by atoms with E-state index in [9.17, 15) is 14.4 Å². The molecular formula is C30H56NO6+. The molecule has 7 nitrogen and oxygen atoms in total. The molecule has 0 spiro atoms. The molecule has 0 saturated carbocycles. The number of hydrogen-bond donors (Lipinski definition) is 3. The number of nitrogens with zero attached hydrogens (tertiary/aromatic N) is 1. The number of quaternary nitrogens is 1. The van der Waals surface area contributed by atoms with Gasteiger partial charge in [0, 0.05) is 19.3 Å². The maximum Gasteiger partial charge on any atom is 0.303 e. The lowest BCUT2D eigenvalue weighted by Gasteiger charge is -2.39. The van der Waals surface area contributed by atoms with Crippen molar-refractivity contribution in [2.75, 3.05) is 26.2 Å². The summed E-state index contributed by atoms with van der Waals surface area (Å²) in [6.45, 7) is 5.10. The normalized spacial score (nSPS) is 11.8. The minimum Gasteiger partial charge on any atom is -0.481 e. The minimum absolute atomic E-state index is 0.0886. The van der Waals surface area contributed by atoms with Gasteiger partial charge in [0.25, 0.3) is 0 Å². The molecule has 0 aromatic heterocycles. The first-order valence-corrected chi connectivity index (χ1v) is 15.0. The van der Waals surface area contributed by atoms with Gasteiger partial charge in [0.15, 0.2) is 0 Å². The van der Waals surface area contributed by atoms with Crippen LogP contribution in [0.1, 0.15) is 135 Å². The van der Waals surface area contributed by atoms with Crippen molar-refractivity contribution in [1.29, 1.82) is 0 Å². The average Bonchev–Trinajstić information content (AvgIpc) is 2.83. The molecule has 0 fully saturated rings. The van der Waals surface area contributed by atoms with Crippen LogP contribution >= 0.6 is 0 Å². The highest BCUT2D eigenvalue weighted by atomic mass is 16.4. The number of carbonyl (C=O) groups is 3. The van der Waals surface area contributed by atoms with E-state index in [0.717, 1.165) is 25.8 Å². The highest BCUT2D eigenvalue weighted by Crippen LogP contribution is 2.18. The Kier molecular flexibility index (Phi) is 23.2. The van der Waals surface area contributed by atoms with Crippen LogP contribution in [0.5, 0.6) is 0 Å². The third-order valence-electron chi connectivity index (χ3n) is 7.21. The van der Waals surface area contributed by atoms with E-state index in [2.05, 4.69) is 19.1 Å². The fourth-order valence-electron chi connectivity index (χ4n) is 5.06. The Hall–Kier alpha value is -1.89. The first kappa shape index (κ1) is 35.1. The molecule has 0 aromatic rings. The van der Waals surface area contributed by atoms with Gasteiger partial charge < -0.3 is 19.8 Å². The molecular weight excluding hydrogens is 470 g/mol. The zero-order valence-electron chi connectivity index (χ0n) is 23.6. The maximum absolute atomic E-state index is 11.0. The predicted molar refractivity (Wildman–Crippen MR) is 150 cm³/mol. The van der Waals surface area contributed by atoms with Crippen LogP contribution in [0.4, 0.5) is 0 Å². The van der Waals surface area contributed by atoms with Crippen molar-refractivity contribution in [2.24, 2.45) is 0 Å². The van der Waals surface area contributed by atoms with Crippen LogP contribution in [0.2, 0.25) is 0 Å². The lowest BCUT2D eigenvalue weighted by atomic mass is 10.1. The first-order valence-electron chi connectivity index (χ1n) is 15.0. The van der Waals surface area contributed by atoms with E-state index >= 15 is 0 Å². The fraction of sp³-hybridized carbons (Fsp3) is 0.833. The van der Waals surface area contributed by atoms with Gasteiger partial charge in [-0.05, 0) is 38.5 Å². The number of aliphatic carboxylic acids is 3. The second-order valence-electron chi connectivity index (χ2n) is 10.7. The summed E-state index contributed by atoms with van der Waals surface area (Å²) in [5.74, 6) is -2.48. The topological polar surface area (TPSA) is 112 Å². The van der Waals surface area contributed by atoms with Gasteiger partial charge in [-0.3, -0.25) is 14.4 Å². The Labute approximate surface area is 225 Å². The molecule has 0 amide bonds. The van der Waals surface area contributed by atoms with Gasteiger partial charge >= 0.3 is 17.9 Å². The summed E-state index contributed by atoms with van der Waals surface area (Å²) in [6, 6.07) is 0. The Morgan fingerprint density at radius 1 is 0.486 bits per heavy atom. The first-order chi connectivity index (χ1) is 17.8. The standard InChI is InChI=1S/C30H55NO6/c1-2-3-4-5-6-7-8-9-10-11-12-13-14-15-16-17-24-31(25-18-21-28(32)33,26-19-22-29(34)35)27-20-23-30(36)37/h9-10H,2-8,11-27H2,1H3,(H2-,32,33,34,35,36,37)/p+1/b10-9+. The molecule has 0 aliphatic heterocycles. The third-order valence-corrected chi connectivity index (χ3v) is 7.21. The molecule has 0 aliphatic rings. The summed E-state index contributed by atoms with van der Waals surface area (Å²) in [5.41, 5.74) is 0. The molecule has 0 saturated heterocycles. The fourth-order valence-corrected chi connectivity index (χ4v) is 5.06. The van der Waals surface area contributed by atoms with Crippen molar-refractivity contribution in [1.82, 2.24) is 0 Å². The van der Waals surface area contributed by atoms with E-state index in [1.165, 1.54) is 70.6 Å². The number of hydrogen-bond acceptors (Lipinski definition) is 3. The van der Waals surface area contributed by atoms with Crippen molar-refractivity contribution >= 4 is 17.9 Å². The molecule has 0 bridgehead atoms. The Bertz CT molecular complexity index is 569. The minimum atomic E-state index is -0.827. The number of allylic oxidation sites excluding steroid dienone is 2. The molecule has 7 heteroatoms. The third kappa shape index (κ3) is 24.2. The van der Waals surface area contributed by atoms with Crippen LogP contribution in [-0.4, -0.2) is 63.9 Å². The second-order valence-corrected chi connectivity index (χ2v) is 10.7. The van der Waals surface area contributed by atoms with Crippen molar-refractivity contribution < 1.29 is 34.2 Å². The van der Waals surface area contributed by atoms with E-state index in [-0.39, 0.29) is 19.3 Å². The Morgan fingerprint density at radius 2 is 0.811 bits per heavy atom. The van der Waals surface area contributed by atoms with Gasteiger partial charge in [-0.1, -0.05) is 70.4 Å². The molecule has 37 heavy (non-hydrogen) atoms. The van der Waals surface area contributed by atoms with Gasteiger partial charge in [0.2, 0.25) is 0 Å². The van der Waals surface area contributed by atoms with Crippen LogP contribution in [0.3, 0.4) is 0 Å². The lowest BCUT2D eigenvalue weighted by molar-refractivity contribution is -0.929. The zero-order valence-corrected chi connectivity index (χ0v) is 23.6. The van der Waals surface area contributed by atoms with Crippen molar-refractivity contribution in [2.45, 2.75) is 135 Å². The van der Waals surface area contributed by atoms with E-state index < -0.39 is 17.9 Å². The van der Waals surface area contributed by atoms with E-state index in [0.29, 0.717) is 43.4 Å². The Morgan fingerprint density at radius 3 is 1.19 bits per heavy atom. The van der Waals surface area contributed by atoms with Crippen LogP contribution in [0, 0.1) is 0 Å². The summed E-state index contributed by atoms with van der Waals surface area (Å²) in [7, 11) is 0. The number of rotatable bonds is 28. The van der Waals surface area contributed by atoms with Gasteiger partial charge in [0.05, 0.1) is 45.4 Å². The largest absolute Gasteiger partial charge is 0.481 e. The van der Waals surface area contributed by atoms with E-state index in [1.54, 1.807) is 0 Å². The van der Waals surface area contributed by atoms with Crippen molar-refractivity contribution in [3.63, 3.8) is 0 Å². The SMILES string of the molecule is CCCCCCCC/C=C/CCCCCCCC[N+](CCCC(=O)O)(CCCC(=O)O)CCCC(=O)O. The maximum atomic E-state index is 11.0. The van der Waals surface area contributed by atoms with Gasteiger partial charge in [-0.15, -0.1) is 0 Å². The molecule has 216 valence electrons. The van der Waals surface area contributed by atoms with Gasteiger partial charge in [0.1, 0.15) is 0 Å². The van der Waals surface area contributed by atoms with Crippen LogP contribution < -0.4 is 0 Å². The molecule has 0 aliphatic carbocycles. The zero-order chi connectivity index (χ0) is 27.6. The lowest BCUT2D eigenvalue weighted by Crippen LogP contribution is -2.51. The molecule has 3 N–H and O–H groups in total. The molecule has 0 unspecified atom stereocenters. The number of unbranched alkanes of at least 4 members (excludes halogenated alkanes) is 12. The summed E-state index contributed by atoms with van der Waals surface area (Å²) in [5, 5.41) is 27.2. The van der Waals surface area contributed by atoms with Crippen LogP contribution in [0.25, 0.3) is 0 Å². The van der Waals surface area contributed by atoms with Crippen molar-refractivity contribution in [3.8, 4) is 0 Å². The van der Waals surface area contributed by atoms with Gasteiger partial charge in [-0.2, -0.15) is 0 Å². The van der Waals surface area contributed by atoms with Crippen LogP contribution in [-0.2, 0) is 14.4 Å². The smallest absolute Gasteiger partial charge is 0.303 e. The summed E-state index contributed by atoms with van der Waals surface area (Å²) in [6.07, 6.45) is 23.9. The predicted octanol–water partition coefficient (Wildman–Crippen LogP) is 7.44. The molecule has 0 heterocycles. The summed E-state index contributed by atoms with van der Waals surface area (Å²) >= 11 is 0. The number of carboxylic acid groups (broad SMARTS) is 3. The highest BCUT2D eigenvalue weighted by molar-refractivity contribution is 5.67. The highest BCUT2D eigenvalue weighted by Gasteiger charge is 2.27. The van der Waals surface area contributed by atoms with Gasteiger partial charge in [-0.25, -0.2) is 0 Å². The Balaban J connectivity index is 4.31. The quantitative estimate of drug-likeness (QED) is 0.0555. The van der Waals surface area contributed by atoms with E-state index in [4.69, 9.17) is 15.3 Å². The monoisotopic (exact) mass is 526 g/mol.